The maximum absolute atomic E-state index is 5.67. The van der Waals surface area contributed by atoms with Gasteiger partial charge in [-0.15, -0.1) is 0 Å². The van der Waals surface area contributed by atoms with Crippen LogP contribution in [0.4, 0.5) is 5.69 Å². The Balaban J connectivity index is 2.28. The van der Waals surface area contributed by atoms with Crippen molar-refractivity contribution in [3.05, 3.63) is 24.3 Å². The van der Waals surface area contributed by atoms with Crippen molar-refractivity contribution < 1.29 is 9.47 Å². The molecule has 0 heterocycles. The molecule has 96 valence electrons. The van der Waals surface area contributed by atoms with E-state index in [1.165, 1.54) is 0 Å². The zero-order valence-corrected chi connectivity index (χ0v) is 10.8. The molecule has 0 amide bonds. The first-order chi connectivity index (χ1) is 8.13. The normalized spacial score (nSPS) is 12.7. The van der Waals surface area contributed by atoms with Crippen molar-refractivity contribution in [2.45, 2.75) is 13.0 Å². The molecule has 0 bridgehead atoms. The molecule has 1 aromatic rings. The molecule has 1 aromatic carbocycles. The number of ether oxygens (including phenoxy) is 2. The first kappa shape index (κ1) is 13.8. The van der Waals surface area contributed by atoms with Gasteiger partial charge in [-0.25, -0.2) is 0 Å². The summed E-state index contributed by atoms with van der Waals surface area (Å²) in [7, 11) is 3.78. The van der Waals surface area contributed by atoms with E-state index in [9.17, 15) is 0 Å². The van der Waals surface area contributed by atoms with E-state index in [-0.39, 0.29) is 0 Å². The number of nitrogens with two attached hydrogens (primary N) is 1. The smallest absolute Gasteiger partial charge is 0.121 e. The minimum absolute atomic E-state index is 0.393. The second-order valence-electron chi connectivity index (χ2n) is 4.21. The van der Waals surface area contributed by atoms with Crippen LogP contribution in [0.5, 0.6) is 5.75 Å². The third-order valence-corrected chi connectivity index (χ3v) is 2.73. The van der Waals surface area contributed by atoms with Crippen molar-refractivity contribution in [1.82, 2.24) is 4.90 Å². The van der Waals surface area contributed by atoms with E-state index in [0.29, 0.717) is 12.6 Å². The van der Waals surface area contributed by atoms with E-state index in [1.807, 2.05) is 24.3 Å². The number of nitrogens with zero attached hydrogens (tertiary/aromatic N) is 1. The average molecular weight is 238 g/mol. The fourth-order valence-electron chi connectivity index (χ4n) is 1.50. The molecule has 0 radical (unpaired) electrons. The maximum Gasteiger partial charge on any atom is 0.121 e. The van der Waals surface area contributed by atoms with Crippen molar-refractivity contribution in [2.75, 3.05) is 39.6 Å². The molecule has 2 N–H and O–H groups in total. The quantitative estimate of drug-likeness (QED) is 0.733. The summed E-state index contributed by atoms with van der Waals surface area (Å²) in [5.74, 6) is 0.817. The number of hydrogen-bond acceptors (Lipinski definition) is 4. The molecule has 4 heteroatoms. The van der Waals surface area contributed by atoms with Crippen LogP contribution >= 0.6 is 0 Å². The number of likely N-dealkylation sites (N-methyl/N-ethyl adjacent to an activating group) is 1. The molecule has 17 heavy (non-hydrogen) atoms. The van der Waals surface area contributed by atoms with Gasteiger partial charge in [-0.1, -0.05) is 6.07 Å². The van der Waals surface area contributed by atoms with Crippen molar-refractivity contribution >= 4 is 5.69 Å². The molecule has 0 aliphatic rings. The minimum Gasteiger partial charge on any atom is -0.492 e. The van der Waals surface area contributed by atoms with Gasteiger partial charge < -0.3 is 15.2 Å². The van der Waals surface area contributed by atoms with E-state index in [4.69, 9.17) is 15.2 Å². The summed E-state index contributed by atoms with van der Waals surface area (Å²) in [5.41, 5.74) is 6.40. The maximum atomic E-state index is 5.67. The zero-order valence-electron chi connectivity index (χ0n) is 10.8. The number of nitrogen functional groups attached to an aromatic ring is 1. The molecule has 0 spiro atoms. The van der Waals surface area contributed by atoms with Gasteiger partial charge in [0, 0.05) is 31.5 Å². The Morgan fingerprint density at radius 3 is 2.82 bits per heavy atom. The summed E-state index contributed by atoms with van der Waals surface area (Å²) in [6.07, 6.45) is 0. The van der Waals surface area contributed by atoms with Crippen molar-refractivity contribution in [2.24, 2.45) is 0 Å². The molecule has 4 nitrogen and oxygen atoms in total. The average Bonchev–Trinajstić information content (AvgIpc) is 2.29. The van der Waals surface area contributed by atoms with E-state index in [0.717, 1.165) is 24.6 Å². The Hall–Kier alpha value is -1.26. The number of methoxy groups -OCH3 is 1. The lowest BCUT2D eigenvalue weighted by Gasteiger charge is -2.23. The predicted octanol–water partition coefficient (Wildman–Crippen LogP) is 1.61. The minimum atomic E-state index is 0.393. The lowest BCUT2D eigenvalue weighted by atomic mass is 10.3. The fourth-order valence-corrected chi connectivity index (χ4v) is 1.50. The van der Waals surface area contributed by atoms with Gasteiger partial charge in [0.05, 0.1) is 6.61 Å². The molecule has 0 aliphatic heterocycles. The number of hydrogen-bond donors (Lipinski definition) is 1. The first-order valence-corrected chi connectivity index (χ1v) is 5.81. The summed E-state index contributed by atoms with van der Waals surface area (Å²) in [6, 6.07) is 7.87. The Labute approximate surface area is 103 Å². The largest absolute Gasteiger partial charge is 0.492 e. The molecule has 0 aliphatic carbocycles. The van der Waals surface area contributed by atoms with E-state index < -0.39 is 0 Å². The van der Waals surface area contributed by atoms with E-state index >= 15 is 0 Å². The van der Waals surface area contributed by atoms with Crippen LogP contribution in [0.2, 0.25) is 0 Å². The highest BCUT2D eigenvalue weighted by molar-refractivity contribution is 5.43. The lowest BCUT2D eigenvalue weighted by Crippen LogP contribution is -2.35. The van der Waals surface area contributed by atoms with Crippen molar-refractivity contribution in [1.29, 1.82) is 0 Å². The van der Waals surface area contributed by atoms with E-state index in [1.54, 1.807) is 7.11 Å². The van der Waals surface area contributed by atoms with Crippen LogP contribution in [-0.4, -0.2) is 44.9 Å². The van der Waals surface area contributed by atoms with Crippen molar-refractivity contribution in [3.8, 4) is 5.75 Å². The van der Waals surface area contributed by atoms with Crippen LogP contribution in [0.25, 0.3) is 0 Å². The van der Waals surface area contributed by atoms with E-state index in [2.05, 4.69) is 18.9 Å². The van der Waals surface area contributed by atoms with Crippen LogP contribution < -0.4 is 10.5 Å². The van der Waals surface area contributed by atoms with Gasteiger partial charge in [0.15, 0.2) is 0 Å². The van der Waals surface area contributed by atoms with Crippen LogP contribution in [0.15, 0.2) is 24.3 Å². The summed E-state index contributed by atoms with van der Waals surface area (Å²) < 4.78 is 10.7. The van der Waals surface area contributed by atoms with Crippen LogP contribution in [-0.2, 0) is 4.74 Å². The topological polar surface area (TPSA) is 47.7 Å². The molecular formula is C13H22N2O2. The van der Waals surface area contributed by atoms with Crippen molar-refractivity contribution in [3.63, 3.8) is 0 Å². The highest BCUT2D eigenvalue weighted by atomic mass is 16.5. The van der Waals surface area contributed by atoms with Gasteiger partial charge in [-0.05, 0) is 26.1 Å². The Morgan fingerprint density at radius 1 is 1.41 bits per heavy atom. The highest BCUT2D eigenvalue weighted by Crippen LogP contribution is 2.14. The van der Waals surface area contributed by atoms with Crippen LogP contribution in [0, 0.1) is 0 Å². The Bertz CT molecular complexity index is 331. The summed E-state index contributed by atoms with van der Waals surface area (Å²) in [6.45, 7) is 4.37. The van der Waals surface area contributed by atoms with Gasteiger partial charge in [-0.2, -0.15) is 0 Å². The third-order valence-electron chi connectivity index (χ3n) is 2.73. The number of anilines is 1. The molecule has 1 atom stereocenters. The Kier molecular flexibility index (Phi) is 5.80. The molecular weight excluding hydrogens is 216 g/mol. The second kappa shape index (κ2) is 7.14. The second-order valence-corrected chi connectivity index (χ2v) is 4.21. The van der Waals surface area contributed by atoms with Gasteiger partial charge in [0.1, 0.15) is 12.4 Å². The number of rotatable bonds is 7. The summed E-state index contributed by atoms with van der Waals surface area (Å²) in [4.78, 5) is 2.20. The van der Waals surface area contributed by atoms with Gasteiger partial charge >= 0.3 is 0 Å². The predicted molar refractivity (Wildman–Crippen MR) is 70.3 cm³/mol. The standard InChI is InChI=1S/C13H22N2O2/c1-11(10-16-3)15(2)7-8-17-13-6-4-5-12(14)9-13/h4-6,9,11H,7-8,10,14H2,1-3H3. The van der Waals surface area contributed by atoms with Gasteiger partial charge in [0.25, 0.3) is 0 Å². The molecule has 1 unspecified atom stereocenters. The fraction of sp³-hybridized carbons (Fsp3) is 0.538. The zero-order chi connectivity index (χ0) is 12.7. The molecule has 0 fully saturated rings. The number of benzene rings is 1. The Morgan fingerprint density at radius 2 is 2.18 bits per heavy atom. The molecule has 0 aromatic heterocycles. The third kappa shape index (κ3) is 5.06. The monoisotopic (exact) mass is 238 g/mol. The molecule has 0 saturated carbocycles. The van der Waals surface area contributed by atoms with Crippen LogP contribution in [0.3, 0.4) is 0 Å². The molecule has 0 saturated heterocycles. The highest BCUT2D eigenvalue weighted by Gasteiger charge is 2.08. The van der Waals surface area contributed by atoms with Gasteiger partial charge in [-0.3, -0.25) is 4.90 Å². The van der Waals surface area contributed by atoms with Crippen LogP contribution in [0.1, 0.15) is 6.92 Å². The molecule has 1 rings (SSSR count). The summed E-state index contributed by atoms with van der Waals surface area (Å²) in [5, 5.41) is 0. The SMILES string of the molecule is COCC(C)N(C)CCOc1cccc(N)c1. The lowest BCUT2D eigenvalue weighted by molar-refractivity contribution is 0.105. The van der Waals surface area contributed by atoms with Gasteiger partial charge in [0.2, 0.25) is 0 Å². The summed E-state index contributed by atoms with van der Waals surface area (Å²) >= 11 is 0. The first-order valence-electron chi connectivity index (χ1n) is 5.81.